The van der Waals surface area contributed by atoms with Gasteiger partial charge < -0.3 is 4.74 Å². The standard InChI is InChI=1S/C21H22N4O2S/c26-20(15-4-5-15)23-21-22-19-3-1-2-18(25(19)24-21)14-6-8-16(9-7-14)27-17-10-12-28-13-11-17/h1-3,6-9,15,17H,4-5,10-13H2,(H,23,24,26). The molecular formula is C21H22N4O2S. The van der Waals surface area contributed by atoms with Gasteiger partial charge in [-0.1, -0.05) is 6.07 Å². The average molecular weight is 395 g/mol. The molecule has 144 valence electrons. The molecule has 1 saturated heterocycles. The first-order valence-corrected chi connectivity index (χ1v) is 10.9. The first-order chi connectivity index (χ1) is 13.8. The zero-order valence-electron chi connectivity index (χ0n) is 15.5. The SMILES string of the molecule is O=C(Nc1nc2cccc(-c3ccc(OC4CCSCC4)cc3)n2n1)C1CC1. The molecule has 2 fully saturated rings. The summed E-state index contributed by atoms with van der Waals surface area (Å²) in [4.78, 5) is 16.4. The van der Waals surface area contributed by atoms with Gasteiger partial charge in [-0.05, 0) is 73.6 Å². The van der Waals surface area contributed by atoms with E-state index in [4.69, 9.17) is 4.74 Å². The minimum Gasteiger partial charge on any atom is -0.490 e. The Balaban J connectivity index is 1.37. The number of ether oxygens (including phenoxy) is 1. The average Bonchev–Trinajstić information content (AvgIpc) is 3.49. The predicted octanol–water partition coefficient (Wildman–Crippen LogP) is 4.02. The smallest absolute Gasteiger partial charge is 0.249 e. The van der Waals surface area contributed by atoms with Gasteiger partial charge in [0.15, 0.2) is 5.65 Å². The number of fused-ring (bicyclic) bond motifs is 1. The summed E-state index contributed by atoms with van der Waals surface area (Å²) < 4.78 is 7.89. The molecule has 1 aromatic carbocycles. The molecule has 5 rings (SSSR count). The molecule has 2 aliphatic rings. The number of pyridine rings is 1. The maximum absolute atomic E-state index is 12.0. The van der Waals surface area contributed by atoms with Gasteiger partial charge in [-0.2, -0.15) is 16.7 Å². The van der Waals surface area contributed by atoms with E-state index in [1.54, 1.807) is 4.52 Å². The van der Waals surface area contributed by atoms with Gasteiger partial charge in [-0.25, -0.2) is 4.52 Å². The zero-order chi connectivity index (χ0) is 18.9. The number of thioether (sulfide) groups is 1. The Kier molecular flexibility index (Phi) is 4.68. The first kappa shape index (κ1) is 17.6. The Morgan fingerprint density at radius 1 is 1.07 bits per heavy atom. The van der Waals surface area contributed by atoms with E-state index in [9.17, 15) is 4.79 Å². The summed E-state index contributed by atoms with van der Waals surface area (Å²) in [5.74, 6) is 3.76. The molecule has 28 heavy (non-hydrogen) atoms. The number of benzene rings is 1. The topological polar surface area (TPSA) is 68.5 Å². The highest BCUT2D eigenvalue weighted by atomic mass is 32.2. The number of aromatic nitrogens is 3. The van der Waals surface area contributed by atoms with Gasteiger partial charge >= 0.3 is 0 Å². The Morgan fingerprint density at radius 3 is 2.61 bits per heavy atom. The summed E-state index contributed by atoms with van der Waals surface area (Å²) in [7, 11) is 0. The third-order valence-electron chi connectivity index (χ3n) is 5.16. The lowest BCUT2D eigenvalue weighted by Gasteiger charge is -2.22. The van der Waals surface area contributed by atoms with Gasteiger partial charge in [0.25, 0.3) is 0 Å². The molecule has 0 radical (unpaired) electrons. The number of carbonyl (C=O) groups is 1. The first-order valence-electron chi connectivity index (χ1n) is 9.78. The van der Waals surface area contributed by atoms with Crippen LogP contribution in [0.5, 0.6) is 5.75 Å². The second-order valence-corrected chi connectivity index (χ2v) is 8.56. The molecule has 0 unspecified atom stereocenters. The van der Waals surface area contributed by atoms with Crippen molar-refractivity contribution in [2.24, 2.45) is 5.92 Å². The van der Waals surface area contributed by atoms with Gasteiger partial charge in [0, 0.05) is 11.5 Å². The minimum atomic E-state index is 0.0140. The molecule has 1 aliphatic heterocycles. The number of amides is 1. The number of rotatable bonds is 5. The molecule has 0 bridgehead atoms. The fraction of sp³-hybridized carbons (Fsp3) is 0.381. The van der Waals surface area contributed by atoms with Gasteiger partial charge in [0.1, 0.15) is 11.9 Å². The van der Waals surface area contributed by atoms with E-state index in [0.29, 0.717) is 17.7 Å². The highest BCUT2D eigenvalue weighted by molar-refractivity contribution is 7.99. The largest absolute Gasteiger partial charge is 0.490 e. The van der Waals surface area contributed by atoms with E-state index >= 15 is 0 Å². The van der Waals surface area contributed by atoms with Gasteiger partial charge in [-0.15, -0.1) is 5.10 Å². The van der Waals surface area contributed by atoms with Crippen molar-refractivity contribution in [2.45, 2.75) is 31.8 Å². The lowest BCUT2D eigenvalue weighted by Crippen LogP contribution is -2.21. The third-order valence-corrected chi connectivity index (χ3v) is 6.21. The number of anilines is 1. The quantitative estimate of drug-likeness (QED) is 0.708. The van der Waals surface area contributed by atoms with Crippen LogP contribution in [0.25, 0.3) is 16.9 Å². The second-order valence-electron chi connectivity index (χ2n) is 7.33. The fourth-order valence-corrected chi connectivity index (χ4v) is 4.49. The van der Waals surface area contributed by atoms with Crippen LogP contribution in [0.3, 0.4) is 0 Å². The Bertz CT molecular complexity index is 991. The molecule has 2 aromatic heterocycles. The molecule has 1 saturated carbocycles. The van der Waals surface area contributed by atoms with E-state index in [1.165, 1.54) is 11.5 Å². The van der Waals surface area contributed by atoms with Crippen LogP contribution in [0.1, 0.15) is 25.7 Å². The Labute approximate surface area is 167 Å². The Hall–Kier alpha value is -2.54. The Morgan fingerprint density at radius 2 is 1.86 bits per heavy atom. The monoisotopic (exact) mass is 394 g/mol. The summed E-state index contributed by atoms with van der Waals surface area (Å²) in [5.41, 5.74) is 2.67. The molecule has 1 N–H and O–H groups in total. The maximum atomic E-state index is 12.0. The van der Waals surface area contributed by atoms with Crippen LogP contribution in [-0.2, 0) is 4.79 Å². The molecule has 0 atom stereocenters. The molecule has 3 heterocycles. The highest BCUT2D eigenvalue weighted by Gasteiger charge is 2.30. The molecule has 3 aromatic rings. The zero-order valence-corrected chi connectivity index (χ0v) is 16.3. The van der Waals surface area contributed by atoms with E-state index in [2.05, 4.69) is 15.4 Å². The molecule has 6 nitrogen and oxygen atoms in total. The number of hydrogen-bond donors (Lipinski definition) is 1. The maximum Gasteiger partial charge on any atom is 0.249 e. The lowest BCUT2D eigenvalue weighted by molar-refractivity contribution is -0.117. The summed E-state index contributed by atoms with van der Waals surface area (Å²) in [6, 6.07) is 14.0. The van der Waals surface area contributed by atoms with Crippen LogP contribution in [0.4, 0.5) is 5.95 Å². The van der Waals surface area contributed by atoms with E-state index in [0.717, 1.165) is 42.7 Å². The van der Waals surface area contributed by atoms with Crippen LogP contribution in [-0.4, -0.2) is 38.1 Å². The van der Waals surface area contributed by atoms with Gasteiger partial charge in [-0.3, -0.25) is 10.1 Å². The summed E-state index contributed by atoms with van der Waals surface area (Å²) >= 11 is 2.00. The third kappa shape index (κ3) is 3.71. The summed E-state index contributed by atoms with van der Waals surface area (Å²) in [6.07, 6.45) is 4.46. The van der Waals surface area contributed by atoms with Crippen molar-refractivity contribution in [2.75, 3.05) is 16.8 Å². The van der Waals surface area contributed by atoms with E-state index < -0.39 is 0 Å². The number of hydrogen-bond acceptors (Lipinski definition) is 5. The molecule has 0 spiro atoms. The van der Waals surface area contributed by atoms with Crippen LogP contribution in [0.15, 0.2) is 42.5 Å². The lowest BCUT2D eigenvalue weighted by atomic mass is 10.1. The van der Waals surface area contributed by atoms with Crippen molar-refractivity contribution in [1.82, 2.24) is 14.6 Å². The molecule has 7 heteroatoms. The number of nitrogens with one attached hydrogen (secondary N) is 1. The highest BCUT2D eigenvalue weighted by Crippen LogP contribution is 2.30. The van der Waals surface area contributed by atoms with E-state index in [-0.39, 0.29) is 11.8 Å². The van der Waals surface area contributed by atoms with Gasteiger partial charge in [0.05, 0.1) is 5.69 Å². The van der Waals surface area contributed by atoms with Crippen LogP contribution in [0.2, 0.25) is 0 Å². The van der Waals surface area contributed by atoms with Crippen molar-refractivity contribution >= 4 is 29.3 Å². The van der Waals surface area contributed by atoms with Gasteiger partial charge in [0.2, 0.25) is 11.9 Å². The minimum absolute atomic E-state index is 0.0140. The van der Waals surface area contributed by atoms with Crippen molar-refractivity contribution in [3.63, 3.8) is 0 Å². The molecule has 1 amide bonds. The van der Waals surface area contributed by atoms with E-state index in [1.807, 2.05) is 54.2 Å². The summed E-state index contributed by atoms with van der Waals surface area (Å²) in [5, 5.41) is 7.32. The van der Waals surface area contributed by atoms with Crippen molar-refractivity contribution in [3.05, 3.63) is 42.5 Å². The fourth-order valence-electron chi connectivity index (χ4n) is 3.43. The molecular weight excluding hydrogens is 372 g/mol. The van der Waals surface area contributed by atoms with Crippen LogP contribution in [0, 0.1) is 5.92 Å². The second kappa shape index (κ2) is 7.47. The number of nitrogens with zero attached hydrogens (tertiary/aromatic N) is 3. The normalized spacial score (nSPS) is 17.6. The van der Waals surface area contributed by atoms with Crippen LogP contribution >= 0.6 is 11.8 Å². The number of carbonyl (C=O) groups excluding carboxylic acids is 1. The molecule has 1 aliphatic carbocycles. The predicted molar refractivity (Wildman–Crippen MR) is 111 cm³/mol. The van der Waals surface area contributed by atoms with Crippen molar-refractivity contribution in [1.29, 1.82) is 0 Å². The summed E-state index contributed by atoms with van der Waals surface area (Å²) in [6.45, 7) is 0. The van der Waals surface area contributed by atoms with Crippen molar-refractivity contribution < 1.29 is 9.53 Å². The van der Waals surface area contributed by atoms with Crippen LogP contribution < -0.4 is 10.1 Å². The van der Waals surface area contributed by atoms with Crippen molar-refractivity contribution in [3.8, 4) is 17.0 Å².